The molecule has 0 spiro atoms. The number of fused-ring (bicyclic) bond motifs is 1. The van der Waals surface area contributed by atoms with Gasteiger partial charge in [0.25, 0.3) is 0 Å². The predicted molar refractivity (Wildman–Crippen MR) is 116 cm³/mol. The number of aromatic amines is 1. The van der Waals surface area contributed by atoms with Crippen LogP contribution >= 0.6 is 0 Å². The maximum Gasteiger partial charge on any atom is 0.410 e. The molecule has 9 heteroatoms. The number of ether oxygens (including phenoxy) is 1. The SMILES string of the molecule is Cc1nc(-c2cc3c(N4CCN(C(=O)O[C@H]5CCC5(C)F)CC4)ccnc3[nH]2)cn1C. The Morgan fingerprint density at radius 1 is 1.32 bits per heavy atom. The van der Waals surface area contributed by atoms with E-state index < -0.39 is 17.9 Å². The summed E-state index contributed by atoms with van der Waals surface area (Å²) in [6.45, 7) is 5.89. The Hall–Kier alpha value is -3.10. The minimum atomic E-state index is -1.39. The first-order chi connectivity index (χ1) is 14.8. The molecule has 0 bridgehead atoms. The molecule has 3 aromatic heterocycles. The first kappa shape index (κ1) is 19.8. The van der Waals surface area contributed by atoms with E-state index in [1.807, 2.05) is 30.8 Å². The summed E-state index contributed by atoms with van der Waals surface area (Å²) in [5.41, 5.74) is 2.30. The van der Waals surface area contributed by atoms with Crippen molar-refractivity contribution >= 4 is 22.8 Å². The zero-order valence-corrected chi connectivity index (χ0v) is 18.1. The number of halogens is 1. The molecule has 3 aromatic rings. The molecule has 4 heterocycles. The standard InChI is InChI=1S/C22H27FN6O2/c1-14-25-17(13-27(14)3)16-12-15-18(5-7-24-20(15)26-16)28-8-10-29(11-9-28)21(30)31-19-4-6-22(19,2)23/h5,7,12-13,19H,4,6,8-11H2,1-3H3,(H,24,26)/t19-,22?/m0/s1. The van der Waals surface area contributed by atoms with E-state index in [1.165, 1.54) is 6.92 Å². The molecule has 2 fully saturated rings. The molecule has 0 aromatic carbocycles. The van der Waals surface area contributed by atoms with Crippen molar-refractivity contribution in [3.05, 3.63) is 30.4 Å². The molecule has 1 N–H and O–H groups in total. The number of alkyl halides is 1. The zero-order chi connectivity index (χ0) is 21.8. The van der Waals surface area contributed by atoms with Gasteiger partial charge in [0.2, 0.25) is 0 Å². The van der Waals surface area contributed by atoms with E-state index in [0.717, 1.165) is 33.9 Å². The summed E-state index contributed by atoms with van der Waals surface area (Å²) in [6, 6.07) is 4.08. The molecule has 8 nitrogen and oxygen atoms in total. The summed E-state index contributed by atoms with van der Waals surface area (Å²) in [6.07, 6.45) is 3.80. The van der Waals surface area contributed by atoms with Crippen LogP contribution in [-0.2, 0) is 11.8 Å². The van der Waals surface area contributed by atoms with Crippen LogP contribution < -0.4 is 4.90 Å². The van der Waals surface area contributed by atoms with Crippen molar-refractivity contribution in [3.63, 3.8) is 0 Å². The van der Waals surface area contributed by atoms with Crippen LogP contribution in [0.15, 0.2) is 24.5 Å². The van der Waals surface area contributed by atoms with Gasteiger partial charge in [0.05, 0.1) is 5.69 Å². The molecule has 0 radical (unpaired) electrons. The van der Waals surface area contributed by atoms with Gasteiger partial charge < -0.3 is 24.1 Å². The highest BCUT2D eigenvalue weighted by Gasteiger charge is 2.46. The number of aromatic nitrogens is 4. The predicted octanol–water partition coefficient (Wildman–Crippen LogP) is 3.42. The Morgan fingerprint density at radius 2 is 2.10 bits per heavy atom. The first-order valence-corrected chi connectivity index (χ1v) is 10.7. The Kier molecular flexibility index (Phi) is 4.64. The van der Waals surface area contributed by atoms with Crippen molar-refractivity contribution < 1.29 is 13.9 Å². The van der Waals surface area contributed by atoms with Crippen molar-refractivity contribution in [1.29, 1.82) is 0 Å². The van der Waals surface area contributed by atoms with Gasteiger partial charge in [-0.25, -0.2) is 19.2 Å². The summed E-state index contributed by atoms with van der Waals surface area (Å²) in [4.78, 5) is 28.8. The van der Waals surface area contributed by atoms with Gasteiger partial charge in [0, 0.05) is 56.7 Å². The van der Waals surface area contributed by atoms with Crippen LogP contribution in [0.1, 0.15) is 25.6 Å². The van der Waals surface area contributed by atoms with Gasteiger partial charge in [-0.2, -0.15) is 0 Å². The second-order valence-electron chi connectivity index (χ2n) is 8.72. The number of H-pyrrole nitrogens is 1. The van der Waals surface area contributed by atoms with E-state index in [9.17, 15) is 9.18 Å². The summed E-state index contributed by atoms with van der Waals surface area (Å²) in [5, 5.41) is 1.03. The number of carbonyl (C=O) groups excluding carboxylic acids is 1. The summed E-state index contributed by atoms with van der Waals surface area (Å²) < 4.78 is 21.4. The number of nitrogens with zero attached hydrogens (tertiary/aromatic N) is 5. The monoisotopic (exact) mass is 426 g/mol. The second kappa shape index (κ2) is 7.25. The fourth-order valence-corrected chi connectivity index (χ4v) is 4.28. The van der Waals surface area contributed by atoms with Gasteiger partial charge in [0.1, 0.15) is 28.9 Å². The lowest BCUT2D eigenvalue weighted by Gasteiger charge is -2.41. The molecule has 1 amide bonds. The van der Waals surface area contributed by atoms with Crippen LogP contribution in [-0.4, -0.2) is 68.5 Å². The quantitative estimate of drug-likeness (QED) is 0.694. The van der Waals surface area contributed by atoms with Crippen molar-refractivity contribution in [2.45, 2.75) is 38.5 Å². The van der Waals surface area contributed by atoms with E-state index in [4.69, 9.17) is 4.74 Å². The Labute approximate surface area is 180 Å². The highest BCUT2D eigenvalue weighted by atomic mass is 19.1. The third kappa shape index (κ3) is 3.51. The minimum Gasteiger partial charge on any atom is -0.443 e. The van der Waals surface area contributed by atoms with Crippen molar-refractivity contribution in [2.75, 3.05) is 31.1 Å². The van der Waals surface area contributed by atoms with Crippen LogP contribution in [0.3, 0.4) is 0 Å². The molecule has 1 saturated heterocycles. The average molecular weight is 426 g/mol. The second-order valence-corrected chi connectivity index (χ2v) is 8.72. The van der Waals surface area contributed by atoms with Crippen molar-refractivity contribution in [3.8, 4) is 11.4 Å². The number of amides is 1. The molecule has 2 atom stereocenters. The number of rotatable bonds is 3. The first-order valence-electron chi connectivity index (χ1n) is 10.7. The van der Waals surface area contributed by atoms with Gasteiger partial charge in [-0.3, -0.25) is 0 Å². The summed E-state index contributed by atoms with van der Waals surface area (Å²) in [5.74, 6) is 0.944. The van der Waals surface area contributed by atoms with E-state index in [-0.39, 0.29) is 0 Å². The molecule has 1 saturated carbocycles. The normalized spacial score (nSPS) is 23.8. The Morgan fingerprint density at radius 3 is 2.71 bits per heavy atom. The highest BCUT2D eigenvalue weighted by molar-refractivity contribution is 5.93. The molecular weight excluding hydrogens is 399 g/mol. The van der Waals surface area contributed by atoms with Crippen LogP contribution in [0.2, 0.25) is 0 Å². The smallest absolute Gasteiger partial charge is 0.410 e. The maximum absolute atomic E-state index is 14.1. The third-order valence-corrected chi connectivity index (χ3v) is 6.58. The fourth-order valence-electron chi connectivity index (χ4n) is 4.28. The summed E-state index contributed by atoms with van der Waals surface area (Å²) in [7, 11) is 1.97. The Bertz CT molecular complexity index is 1110. The van der Waals surface area contributed by atoms with Gasteiger partial charge in [-0.15, -0.1) is 0 Å². The molecule has 164 valence electrons. The number of nitrogens with one attached hydrogen (secondary N) is 1. The van der Waals surface area contributed by atoms with Crippen LogP contribution in [0.25, 0.3) is 22.4 Å². The van der Waals surface area contributed by atoms with Crippen LogP contribution in [0.4, 0.5) is 14.9 Å². The van der Waals surface area contributed by atoms with E-state index in [2.05, 4.69) is 25.9 Å². The van der Waals surface area contributed by atoms with Crippen molar-refractivity contribution in [1.82, 2.24) is 24.4 Å². The zero-order valence-electron chi connectivity index (χ0n) is 18.1. The fraction of sp³-hybridized carbons (Fsp3) is 0.500. The van der Waals surface area contributed by atoms with Gasteiger partial charge in [-0.05, 0) is 38.8 Å². The molecule has 1 aliphatic heterocycles. The van der Waals surface area contributed by atoms with E-state index in [1.54, 1.807) is 11.1 Å². The highest BCUT2D eigenvalue weighted by Crippen LogP contribution is 2.38. The largest absolute Gasteiger partial charge is 0.443 e. The molecule has 31 heavy (non-hydrogen) atoms. The number of hydrogen-bond acceptors (Lipinski definition) is 5. The molecular formula is C22H27FN6O2. The van der Waals surface area contributed by atoms with E-state index >= 15 is 0 Å². The number of imidazole rings is 1. The van der Waals surface area contributed by atoms with Gasteiger partial charge >= 0.3 is 6.09 Å². The number of aryl methyl sites for hydroxylation is 2. The number of pyridine rings is 1. The molecule has 2 aliphatic rings. The number of hydrogen-bond donors (Lipinski definition) is 1. The molecule has 1 aliphatic carbocycles. The number of anilines is 1. The summed E-state index contributed by atoms with van der Waals surface area (Å²) >= 11 is 0. The number of piperazine rings is 1. The van der Waals surface area contributed by atoms with Gasteiger partial charge in [0.15, 0.2) is 0 Å². The van der Waals surface area contributed by atoms with Crippen LogP contribution in [0.5, 0.6) is 0 Å². The minimum absolute atomic E-state index is 0.414. The number of carbonyl (C=O) groups is 1. The van der Waals surface area contributed by atoms with Gasteiger partial charge in [-0.1, -0.05) is 0 Å². The molecule has 5 rings (SSSR count). The lowest BCUT2D eigenvalue weighted by Crippen LogP contribution is -2.53. The molecule has 1 unspecified atom stereocenters. The Balaban J connectivity index is 1.30. The lowest BCUT2D eigenvalue weighted by atomic mass is 9.80. The average Bonchev–Trinajstić information content (AvgIpc) is 3.34. The third-order valence-electron chi connectivity index (χ3n) is 6.58. The van der Waals surface area contributed by atoms with Crippen LogP contribution in [0, 0.1) is 6.92 Å². The lowest BCUT2D eigenvalue weighted by molar-refractivity contribution is -0.0895. The topological polar surface area (TPSA) is 79.3 Å². The van der Waals surface area contributed by atoms with E-state index in [0.29, 0.717) is 39.0 Å². The van der Waals surface area contributed by atoms with Crippen molar-refractivity contribution in [2.24, 2.45) is 7.05 Å². The maximum atomic E-state index is 14.1.